The van der Waals surface area contributed by atoms with E-state index in [0.29, 0.717) is 36.9 Å². The van der Waals surface area contributed by atoms with Crippen LogP contribution in [0.2, 0.25) is 20.1 Å². The van der Waals surface area contributed by atoms with E-state index in [1.807, 2.05) is 0 Å². The van der Waals surface area contributed by atoms with Crippen molar-refractivity contribution in [3.8, 4) is 11.3 Å². The van der Waals surface area contributed by atoms with Crippen LogP contribution in [0.15, 0.2) is 24.4 Å². The summed E-state index contributed by atoms with van der Waals surface area (Å²) < 4.78 is 0. The smallest absolute Gasteiger partial charge is 0.0778 e. The molecule has 0 bridgehead atoms. The molecule has 18 heavy (non-hydrogen) atoms. The second-order valence-electron chi connectivity index (χ2n) is 3.57. The fourth-order valence-corrected chi connectivity index (χ4v) is 2.22. The first-order chi connectivity index (χ1) is 8.52. The van der Waals surface area contributed by atoms with Gasteiger partial charge in [0.15, 0.2) is 0 Å². The molecule has 0 unspecified atom stereocenters. The van der Waals surface area contributed by atoms with Gasteiger partial charge >= 0.3 is 0 Å². The molecule has 0 spiro atoms. The second kappa shape index (κ2) is 5.64. The maximum atomic E-state index is 9.16. The number of pyridine rings is 1. The Morgan fingerprint density at radius 3 is 2.11 bits per heavy atom. The first-order valence-electron chi connectivity index (χ1n) is 4.93. The van der Waals surface area contributed by atoms with Crippen LogP contribution in [-0.2, 0) is 6.61 Å². The minimum absolute atomic E-state index is 0.163. The highest BCUT2D eigenvalue weighted by molar-refractivity contribution is 6.48. The van der Waals surface area contributed by atoms with Crippen molar-refractivity contribution in [2.24, 2.45) is 0 Å². The third-order valence-corrected chi connectivity index (χ3v) is 3.92. The Balaban J connectivity index is 2.55. The van der Waals surface area contributed by atoms with E-state index in [9.17, 15) is 0 Å². The van der Waals surface area contributed by atoms with Gasteiger partial charge in [-0.15, -0.1) is 0 Å². The molecule has 94 valence electrons. The molecule has 6 heteroatoms. The summed E-state index contributed by atoms with van der Waals surface area (Å²) in [6.45, 7) is -0.163. The Morgan fingerprint density at radius 2 is 1.56 bits per heavy atom. The molecule has 0 saturated heterocycles. The lowest BCUT2D eigenvalue weighted by atomic mass is 10.1. The third-order valence-electron chi connectivity index (χ3n) is 2.38. The molecule has 0 amide bonds. The standard InChI is InChI=1S/C12H7Cl4NO/c13-8-1-6(2-9(14)12(8)16)11-3-7(5-18)10(15)4-17-11/h1-4,18H,5H2. The van der Waals surface area contributed by atoms with Crippen LogP contribution in [0.1, 0.15) is 5.56 Å². The number of nitrogens with zero attached hydrogens (tertiary/aromatic N) is 1. The Morgan fingerprint density at radius 1 is 0.944 bits per heavy atom. The van der Waals surface area contributed by atoms with Gasteiger partial charge in [-0.25, -0.2) is 0 Å². The molecule has 1 heterocycles. The molecule has 0 atom stereocenters. The van der Waals surface area contributed by atoms with Crippen LogP contribution in [0, 0.1) is 0 Å². The summed E-state index contributed by atoms with van der Waals surface area (Å²) in [5.41, 5.74) is 1.91. The molecule has 2 rings (SSSR count). The monoisotopic (exact) mass is 321 g/mol. The van der Waals surface area contributed by atoms with Crippen LogP contribution in [0.5, 0.6) is 0 Å². The summed E-state index contributed by atoms with van der Waals surface area (Å²) in [6.07, 6.45) is 1.47. The first-order valence-corrected chi connectivity index (χ1v) is 6.44. The maximum absolute atomic E-state index is 9.16. The van der Waals surface area contributed by atoms with Gasteiger partial charge in [0.1, 0.15) is 0 Å². The van der Waals surface area contributed by atoms with Crippen LogP contribution >= 0.6 is 46.4 Å². The molecule has 2 aromatic rings. The molecule has 0 aliphatic heterocycles. The van der Waals surface area contributed by atoms with E-state index in [-0.39, 0.29) is 6.61 Å². The molecular weight excluding hydrogens is 316 g/mol. The predicted octanol–water partition coefficient (Wildman–Crippen LogP) is 4.85. The fraction of sp³-hybridized carbons (Fsp3) is 0.0833. The molecule has 1 aromatic carbocycles. The summed E-state index contributed by atoms with van der Waals surface area (Å²) in [7, 11) is 0. The zero-order valence-corrected chi connectivity index (χ0v) is 11.9. The minimum atomic E-state index is -0.163. The summed E-state index contributed by atoms with van der Waals surface area (Å²) in [5, 5.41) is 10.6. The van der Waals surface area contributed by atoms with Gasteiger partial charge in [-0.2, -0.15) is 0 Å². The molecule has 0 radical (unpaired) electrons. The van der Waals surface area contributed by atoms with Crippen molar-refractivity contribution >= 4 is 46.4 Å². The molecule has 0 fully saturated rings. The van der Waals surface area contributed by atoms with Gasteiger partial charge in [0.2, 0.25) is 0 Å². The molecule has 1 N–H and O–H groups in total. The van der Waals surface area contributed by atoms with E-state index in [1.54, 1.807) is 18.2 Å². The number of aliphatic hydroxyl groups excluding tert-OH is 1. The first kappa shape index (κ1) is 13.9. The predicted molar refractivity (Wildman–Crippen MR) is 75.6 cm³/mol. The summed E-state index contributed by atoms with van der Waals surface area (Å²) >= 11 is 23.7. The highest BCUT2D eigenvalue weighted by atomic mass is 35.5. The van der Waals surface area contributed by atoms with Crippen LogP contribution in [0.4, 0.5) is 0 Å². The van der Waals surface area contributed by atoms with E-state index in [2.05, 4.69) is 4.98 Å². The number of aliphatic hydroxyl groups is 1. The highest BCUT2D eigenvalue weighted by Gasteiger charge is 2.10. The molecule has 2 nitrogen and oxygen atoms in total. The minimum Gasteiger partial charge on any atom is -0.392 e. The van der Waals surface area contributed by atoms with Crippen LogP contribution in [-0.4, -0.2) is 10.1 Å². The van der Waals surface area contributed by atoms with E-state index >= 15 is 0 Å². The molecule has 0 saturated carbocycles. The second-order valence-corrected chi connectivity index (χ2v) is 5.17. The number of hydrogen-bond acceptors (Lipinski definition) is 2. The van der Waals surface area contributed by atoms with Gasteiger partial charge in [0.25, 0.3) is 0 Å². The fourth-order valence-electron chi connectivity index (χ4n) is 1.46. The van der Waals surface area contributed by atoms with E-state index in [1.165, 1.54) is 6.20 Å². The van der Waals surface area contributed by atoms with Crippen molar-refractivity contribution in [1.82, 2.24) is 4.98 Å². The van der Waals surface area contributed by atoms with Crippen molar-refractivity contribution in [3.05, 3.63) is 50.0 Å². The lowest BCUT2D eigenvalue weighted by molar-refractivity contribution is 0.282. The Bertz CT molecular complexity index is 578. The summed E-state index contributed by atoms with van der Waals surface area (Å²) in [4.78, 5) is 4.17. The van der Waals surface area contributed by atoms with Crippen molar-refractivity contribution in [1.29, 1.82) is 0 Å². The van der Waals surface area contributed by atoms with Crippen LogP contribution < -0.4 is 0 Å². The van der Waals surface area contributed by atoms with Gasteiger partial charge in [0, 0.05) is 11.8 Å². The quantitative estimate of drug-likeness (QED) is 0.801. The average molecular weight is 323 g/mol. The third kappa shape index (κ3) is 2.73. The van der Waals surface area contributed by atoms with Crippen molar-refractivity contribution in [2.75, 3.05) is 0 Å². The van der Waals surface area contributed by atoms with E-state index in [0.717, 1.165) is 0 Å². The number of halogens is 4. The van der Waals surface area contributed by atoms with Crippen molar-refractivity contribution < 1.29 is 5.11 Å². The Labute approximate surface area is 124 Å². The molecule has 0 aliphatic rings. The number of benzene rings is 1. The van der Waals surface area contributed by atoms with Crippen LogP contribution in [0.3, 0.4) is 0 Å². The summed E-state index contributed by atoms with van der Waals surface area (Å²) in [6, 6.07) is 5.00. The van der Waals surface area contributed by atoms with Gasteiger partial charge in [0.05, 0.1) is 32.4 Å². The number of hydrogen-bond donors (Lipinski definition) is 1. The van der Waals surface area contributed by atoms with Gasteiger partial charge < -0.3 is 5.11 Å². The summed E-state index contributed by atoms with van der Waals surface area (Å²) in [5.74, 6) is 0. The lowest BCUT2D eigenvalue weighted by Crippen LogP contribution is -1.90. The van der Waals surface area contributed by atoms with E-state index in [4.69, 9.17) is 51.5 Å². The maximum Gasteiger partial charge on any atom is 0.0778 e. The topological polar surface area (TPSA) is 33.1 Å². The Hall–Kier alpha value is -0.510. The lowest BCUT2D eigenvalue weighted by Gasteiger charge is -2.07. The molecular formula is C12H7Cl4NO. The van der Waals surface area contributed by atoms with Gasteiger partial charge in [-0.3, -0.25) is 4.98 Å². The van der Waals surface area contributed by atoms with Crippen molar-refractivity contribution in [2.45, 2.75) is 6.61 Å². The number of aromatic nitrogens is 1. The van der Waals surface area contributed by atoms with Crippen molar-refractivity contribution in [3.63, 3.8) is 0 Å². The number of rotatable bonds is 2. The van der Waals surface area contributed by atoms with Gasteiger partial charge in [-0.05, 0) is 23.8 Å². The molecule has 0 aliphatic carbocycles. The average Bonchev–Trinajstić information content (AvgIpc) is 2.36. The van der Waals surface area contributed by atoms with Gasteiger partial charge in [-0.1, -0.05) is 46.4 Å². The largest absolute Gasteiger partial charge is 0.392 e. The molecule has 1 aromatic heterocycles. The normalized spacial score (nSPS) is 10.7. The highest BCUT2D eigenvalue weighted by Crippen LogP contribution is 2.35. The SMILES string of the molecule is OCc1cc(-c2cc(Cl)c(Cl)c(Cl)c2)ncc1Cl. The van der Waals surface area contributed by atoms with E-state index < -0.39 is 0 Å². The Kier molecular flexibility index (Phi) is 4.36. The zero-order valence-electron chi connectivity index (χ0n) is 8.92. The van der Waals surface area contributed by atoms with Crippen LogP contribution in [0.25, 0.3) is 11.3 Å². The zero-order chi connectivity index (χ0) is 13.3.